The highest BCUT2D eigenvalue weighted by atomic mass is 31.0. The lowest BCUT2D eigenvalue weighted by Gasteiger charge is -2.55. The lowest BCUT2D eigenvalue weighted by atomic mass is 9.70. The largest absolute Gasteiger partial charge is 0.437 e. The van der Waals surface area contributed by atoms with E-state index in [0.717, 1.165) is 30.0 Å². The Hall–Kier alpha value is -1.52. The van der Waals surface area contributed by atoms with Gasteiger partial charge < -0.3 is 14.6 Å². The first kappa shape index (κ1) is 20.4. The SMILES string of the molecule is CCC1CCC2C1C(N)(OC(=O)c1ccc3ccccc3c1)C1(P)CC(O)C2(C)O1. The van der Waals surface area contributed by atoms with E-state index in [2.05, 4.69) is 16.2 Å². The molecule has 8 atom stereocenters. The van der Waals surface area contributed by atoms with Gasteiger partial charge in [-0.25, -0.2) is 4.79 Å². The van der Waals surface area contributed by atoms with Crippen molar-refractivity contribution in [2.45, 2.75) is 62.3 Å². The van der Waals surface area contributed by atoms with Crippen LogP contribution in [0, 0.1) is 17.8 Å². The highest BCUT2D eigenvalue weighted by molar-refractivity contribution is 7.18. The second kappa shape index (κ2) is 6.74. The summed E-state index contributed by atoms with van der Waals surface area (Å²) < 4.78 is 12.6. The van der Waals surface area contributed by atoms with Crippen LogP contribution in [0.3, 0.4) is 0 Å². The van der Waals surface area contributed by atoms with Gasteiger partial charge >= 0.3 is 5.97 Å². The molecule has 2 saturated heterocycles. The van der Waals surface area contributed by atoms with Crippen LogP contribution in [0.15, 0.2) is 42.5 Å². The van der Waals surface area contributed by atoms with Crippen LogP contribution >= 0.6 is 9.24 Å². The molecular formula is C24H30NO4P. The molecule has 3 fully saturated rings. The van der Waals surface area contributed by atoms with Crippen LogP contribution in [-0.4, -0.2) is 33.8 Å². The smallest absolute Gasteiger partial charge is 0.340 e. The Labute approximate surface area is 179 Å². The fraction of sp³-hybridized carbons (Fsp3) is 0.542. The van der Waals surface area contributed by atoms with Crippen molar-refractivity contribution in [1.29, 1.82) is 0 Å². The zero-order valence-corrected chi connectivity index (χ0v) is 18.7. The van der Waals surface area contributed by atoms with Gasteiger partial charge in [0.25, 0.3) is 0 Å². The quantitative estimate of drug-likeness (QED) is 0.442. The Balaban J connectivity index is 1.54. The zero-order valence-electron chi connectivity index (χ0n) is 17.5. The lowest BCUT2D eigenvalue weighted by molar-refractivity contribution is -0.256. The van der Waals surface area contributed by atoms with Crippen molar-refractivity contribution in [2.75, 3.05) is 0 Å². The van der Waals surface area contributed by atoms with Crippen molar-refractivity contribution in [3.8, 4) is 0 Å². The average molecular weight is 427 g/mol. The van der Waals surface area contributed by atoms with Crippen molar-refractivity contribution in [3.63, 3.8) is 0 Å². The van der Waals surface area contributed by atoms with Gasteiger partial charge in [-0.2, -0.15) is 0 Å². The lowest BCUT2D eigenvalue weighted by Crippen LogP contribution is -2.71. The first-order valence-electron chi connectivity index (χ1n) is 10.9. The number of esters is 1. The van der Waals surface area contributed by atoms with Crippen LogP contribution < -0.4 is 5.73 Å². The molecule has 2 heterocycles. The van der Waals surface area contributed by atoms with Crippen LogP contribution in [0.2, 0.25) is 0 Å². The van der Waals surface area contributed by atoms with E-state index < -0.39 is 28.7 Å². The minimum atomic E-state index is -1.32. The second-order valence-electron chi connectivity index (χ2n) is 9.52. The molecule has 0 spiro atoms. The summed E-state index contributed by atoms with van der Waals surface area (Å²) in [5.41, 5.74) is 5.49. The Kier molecular flexibility index (Phi) is 4.58. The predicted molar refractivity (Wildman–Crippen MR) is 119 cm³/mol. The van der Waals surface area contributed by atoms with Crippen molar-refractivity contribution >= 4 is 26.0 Å². The molecule has 160 valence electrons. The highest BCUT2D eigenvalue weighted by Gasteiger charge is 2.74. The van der Waals surface area contributed by atoms with Crippen molar-refractivity contribution < 1.29 is 19.4 Å². The van der Waals surface area contributed by atoms with Gasteiger partial charge in [0.1, 0.15) is 5.34 Å². The highest BCUT2D eigenvalue weighted by Crippen LogP contribution is 2.65. The number of hydrogen-bond acceptors (Lipinski definition) is 5. The van der Waals surface area contributed by atoms with Gasteiger partial charge in [-0.1, -0.05) is 52.9 Å². The normalized spacial score (nSPS) is 42.3. The van der Waals surface area contributed by atoms with Crippen molar-refractivity contribution in [3.05, 3.63) is 48.0 Å². The molecule has 0 aromatic heterocycles. The third kappa shape index (κ3) is 2.65. The molecule has 8 unspecified atom stereocenters. The molecule has 0 amide bonds. The topological polar surface area (TPSA) is 81.8 Å². The first-order chi connectivity index (χ1) is 14.2. The number of nitrogens with two attached hydrogens (primary N) is 1. The van der Waals surface area contributed by atoms with Crippen LogP contribution in [0.4, 0.5) is 0 Å². The molecule has 3 aliphatic rings. The Morgan fingerprint density at radius 3 is 2.73 bits per heavy atom. The third-order valence-corrected chi connectivity index (χ3v) is 8.82. The first-order valence-corrected chi connectivity index (χ1v) is 11.5. The molecule has 2 aromatic rings. The second-order valence-corrected chi connectivity index (χ2v) is 10.5. The molecule has 0 radical (unpaired) electrons. The van der Waals surface area contributed by atoms with E-state index in [0.29, 0.717) is 17.9 Å². The molecule has 3 N–H and O–H groups in total. The maximum atomic E-state index is 13.3. The van der Waals surface area contributed by atoms with E-state index in [1.165, 1.54) is 0 Å². The number of rotatable bonds is 3. The molecular weight excluding hydrogens is 397 g/mol. The van der Waals surface area contributed by atoms with E-state index >= 15 is 0 Å². The zero-order chi connectivity index (χ0) is 21.3. The number of fused-ring (bicyclic) bond motifs is 5. The van der Waals surface area contributed by atoms with Crippen LogP contribution in [0.5, 0.6) is 0 Å². The van der Waals surface area contributed by atoms with Gasteiger partial charge in [-0.3, -0.25) is 5.73 Å². The summed E-state index contributed by atoms with van der Waals surface area (Å²) in [7, 11) is 2.69. The summed E-state index contributed by atoms with van der Waals surface area (Å²) in [6.45, 7) is 4.15. The van der Waals surface area contributed by atoms with E-state index in [1.54, 1.807) is 6.07 Å². The minimum absolute atomic E-state index is 0.0553. The summed E-state index contributed by atoms with van der Waals surface area (Å²) in [5.74, 6) is -0.111. The number of aliphatic hydroxyl groups excluding tert-OH is 1. The van der Waals surface area contributed by atoms with E-state index in [-0.39, 0.29) is 11.8 Å². The fourth-order valence-electron chi connectivity index (χ4n) is 6.35. The number of ether oxygens (including phenoxy) is 2. The maximum Gasteiger partial charge on any atom is 0.340 e. The number of carbonyl (C=O) groups excluding carboxylic acids is 1. The fourth-order valence-corrected chi connectivity index (χ4v) is 7.08. The van der Waals surface area contributed by atoms with E-state index in [9.17, 15) is 9.90 Å². The Morgan fingerprint density at radius 1 is 1.27 bits per heavy atom. The minimum Gasteiger partial charge on any atom is -0.437 e. The predicted octanol–water partition coefficient (Wildman–Crippen LogP) is 3.83. The van der Waals surface area contributed by atoms with Gasteiger partial charge in [0.05, 0.1) is 17.3 Å². The van der Waals surface area contributed by atoms with Crippen LogP contribution in [0.1, 0.15) is 49.9 Å². The molecule has 2 aliphatic heterocycles. The van der Waals surface area contributed by atoms with Crippen molar-refractivity contribution in [1.82, 2.24) is 0 Å². The van der Waals surface area contributed by atoms with Crippen LogP contribution in [-0.2, 0) is 9.47 Å². The molecule has 6 heteroatoms. The molecule has 2 aromatic carbocycles. The average Bonchev–Trinajstić information content (AvgIpc) is 3.26. The van der Waals surface area contributed by atoms with Gasteiger partial charge in [-0.05, 0) is 54.5 Å². The molecule has 5 rings (SSSR count). The van der Waals surface area contributed by atoms with Gasteiger partial charge in [0, 0.05) is 12.3 Å². The van der Waals surface area contributed by atoms with Crippen LogP contribution in [0.25, 0.3) is 10.8 Å². The standard InChI is InChI=1S/C24H30NO4P/c1-3-14-10-11-18-20(14)24(25,23(30)13-19(26)22(18,2)29-23)28-21(27)17-9-8-15-6-4-5-7-16(15)12-17/h4-9,12,14,18-20,26H,3,10-11,13,25,30H2,1-2H3. The number of hydrogen-bond donors (Lipinski definition) is 2. The number of aliphatic hydroxyl groups is 1. The Morgan fingerprint density at radius 2 is 2.00 bits per heavy atom. The summed E-state index contributed by atoms with van der Waals surface area (Å²) in [6, 6.07) is 13.5. The molecule has 5 nitrogen and oxygen atoms in total. The molecule has 30 heavy (non-hydrogen) atoms. The van der Waals surface area contributed by atoms with Crippen molar-refractivity contribution in [2.24, 2.45) is 23.5 Å². The summed E-state index contributed by atoms with van der Waals surface area (Å²) in [5, 5.41) is 11.9. The maximum absolute atomic E-state index is 13.3. The van der Waals surface area contributed by atoms with Gasteiger partial charge in [-0.15, -0.1) is 0 Å². The van der Waals surface area contributed by atoms with Gasteiger partial charge in [0.15, 0.2) is 5.72 Å². The summed E-state index contributed by atoms with van der Waals surface area (Å²) in [4.78, 5) is 13.3. The third-order valence-electron chi connectivity index (χ3n) is 8.01. The summed E-state index contributed by atoms with van der Waals surface area (Å²) in [6.07, 6.45) is 2.58. The number of benzene rings is 2. The van der Waals surface area contributed by atoms with Gasteiger partial charge in [0.2, 0.25) is 0 Å². The summed E-state index contributed by atoms with van der Waals surface area (Å²) >= 11 is 0. The monoisotopic (exact) mass is 427 g/mol. The number of carbonyl (C=O) groups is 1. The van der Waals surface area contributed by atoms with E-state index in [1.807, 2.05) is 43.3 Å². The van der Waals surface area contributed by atoms with E-state index in [4.69, 9.17) is 15.2 Å². The molecule has 1 saturated carbocycles. The Bertz CT molecular complexity index is 1010. The molecule has 1 aliphatic carbocycles. The molecule has 2 bridgehead atoms.